The summed E-state index contributed by atoms with van der Waals surface area (Å²) in [5, 5.41) is 6.72. The van der Waals surface area contributed by atoms with Crippen LogP contribution in [-0.2, 0) is 4.79 Å². The van der Waals surface area contributed by atoms with E-state index in [9.17, 15) is 22.8 Å². The Balaban J connectivity index is 1.19. The number of carbonyl (C=O) groups excluding carboxylic acids is 2. The Morgan fingerprint density at radius 3 is 2.65 bits per heavy atom. The van der Waals surface area contributed by atoms with Crippen LogP contribution in [0.2, 0.25) is 5.02 Å². The first kappa shape index (κ1) is 28.9. The number of hydrogen-bond donors (Lipinski definition) is 3. The fraction of sp³-hybridized carbons (Fsp3) is 0.345. The predicted octanol–water partition coefficient (Wildman–Crippen LogP) is 4.34. The smallest absolute Gasteiger partial charge is 0.275 e. The molecule has 14 heteroatoms. The summed E-state index contributed by atoms with van der Waals surface area (Å²) in [5.41, 5.74) is 6.91. The zero-order chi connectivity index (χ0) is 30.6. The van der Waals surface area contributed by atoms with Crippen LogP contribution < -0.4 is 16.2 Å². The van der Waals surface area contributed by atoms with E-state index in [1.165, 1.54) is 6.20 Å². The van der Waals surface area contributed by atoms with E-state index in [4.69, 9.17) is 11.6 Å². The molecule has 3 atom stereocenters. The van der Waals surface area contributed by atoms with Crippen LogP contribution in [0, 0.1) is 17.7 Å². The normalized spacial score (nSPS) is 20.7. The fourth-order valence-electron chi connectivity index (χ4n) is 5.87. The lowest BCUT2D eigenvalue weighted by molar-refractivity contribution is -0.673. The average molecular weight is 614 g/mol. The Kier molecular flexibility index (Phi) is 7.46. The molecule has 2 fully saturated rings. The Bertz CT molecular complexity index is 1700. The van der Waals surface area contributed by atoms with Gasteiger partial charge in [-0.2, -0.15) is 10.5 Å². The van der Waals surface area contributed by atoms with Crippen molar-refractivity contribution >= 4 is 29.1 Å². The third-order valence-electron chi connectivity index (χ3n) is 8.58. The van der Waals surface area contributed by atoms with Crippen molar-refractivity contribution in [2.24, 2.45) is 11.8 Å². The molecule has 1 aromatic carbocycles. The molecule has 4 N–H and O–H groups in total. The maximum atomic E-state index is 14.7. The number of anilines is 1. The number of aromatic nitrogens is 4. The molecule has 0 bridgehead atoms. The Labute approximate surface area is 250 Å². The van der Waals surface area contributed by atoms with Crippen molar-refractivity contribution < 1.29 is 28.2 Å². The number of halogens is 4. The zero-order valence-corrected chi connectivity index (χ0v) is 24.3. The van der Waals surface area contributed by atoms with Gasteiger partial charge in [-0.05, 0) is 51.2 Å². The summed E-state index contributed by atoms with van der Waals surface area (Å²) in [4.78, 5) is 35.7. The Hall–Kier alpha value is -4.23. The monoisotopic (exact) mass is 613 g/mol. The van der Waals surface area contributed by atoms with Crippen molar-refractivity contribution in [2.75, 3.05) is 11.9 Å². The largest absolute Gasteiger partial charge is 0.318 e. The van der Waals surface area contributed by atoms with Gasteiger partial charge in [0.05, 0.1) is 46.7 Å². The molecule has 4 heterocycles. The number of nitrogens with one attached hydrogen (secondary N) is 2. The SMILES string of the molecule is CC1=C(C(C)n2cc(NC(=O)c3cncc(-c4c(C(F)F)ccc(Cl)c4F)n3)cn2)N[NH2+]C(N2C[C@H]3CC[C@H]3C2=O)=C1C. The lowest BCUT2D eigenvalue weighted by Gasteiger charge is -2.28. The molecule has 2 amide bonds. The average Bonchev–Trinajstić information content (AvgIpc) is 3.52. The second kappa shape index (κ2) is 11.1. The van der Waals surface area contributed by atoms with Crippen molar-refractivity contribution in [1.29, 1.82) is 0 Å². The Morgan fingerprint density at radius 1 is 1.19 bits per heavy atom. The summed E-state index contributed by atoms with van der Waals surface area (Å²) in [6.45, 7) is 6.71. The number of alkyl halides is 2. The van der Waals surface area contributed by atoms with Gasteiger partial charge in [-0.1, -0.05) is 17.7 Å². The molecule has 1 unspecified atom stereocenters. The maximum Gasteiger partial charge on any atom is 0.275 e. The fourth-order valence-corrected chi connectivity index (χ4v) is 6.03. The molecule has 0 spiro atoms. The number of likely N-dealkylation sites (tertiary alicyclic amines) is 1. The highest BCUT2D eigenvalue weighted by atomic mass is 35.5. The first-order valence-electron chi connectivity index (χ1n) is 13.8. The number of nitrogens with zero attached hydrogens (tertiary/aromatic N) is 5. The highest BCUT2D eigenvalue weighted by Gasteiger charge is 2.49. The summed E-state index contributed by atoms with van der Waals surface area (Å²) < 4.78 is 43.6. The minimum Gasteiger partial charge on any atom is -0.318 e. The third kappa shape index (κ3) is 5.06. The molecule has 3 aromatic rings. The van der Waals surface area contributed by atoms with Crippen LogP contribution in [0.1, 0.15) is 62.1 Å². The number of amides is 2. The molecule has 43 heavy (non-hydrogen) atoms. The number of allylic oxidation sites excluding steroid dienone is 3. The van der Waals surface area contributed by atoms with Crippen LogP contribution in [0.3, 0.4) is 0 Å². The van der Waals surface area contributed by atoms with Gasteiger partial charge in [-0.3, -0.25) is 24.2 Å². The molecule has 1 saturated carbocycles. The summed E-state index contributed by atoms with van der Waals surface area (Å²) in [7, 11) is 0. The molecule has 1 saturated heterocycles. The summed E-state index contributed by atoms with van der Waals surface area (Å²) >= 11 is 5.82. The molecule has 10 nitrogen and oxygen atoms in total. The first-order chi connectivity index (χ1) is 20.5. The number of benzene rings is 1. The second-order valence-electron chi connectivity index (χ2n) is 11.0. The van der Waals surface area contributed by atoms with Crippen molar-refractivity contribution in [3.05, 3.63) is 81.7 Å². The van der Waals surface area contributed by atoms with Crippen LogP contribution >= 0.6 is 11.6 Å². The van der Waals surface area contributed by atoms with E-state index >= 15 is 0 Å². The highest BCUT2D eigenvalue weighted by molar-refractivity contribution is 6.31. The van der Waals surface area contributed by atoms with Gasteiger partial charge in [-0.15, -0.1) is 0 Å². The van der Waals surface area contributed by atoms with E-state index < -0.39 is 29.3 Å². The number of quaternary nitrogens is 1. The van der Waals surface area contributed by atoms with Gasteiger partial charge in [0.15, 0.2) is 5.82 Å². The van der Waals surface area contributed by atoms with Crippen LogP contribution in [0.4, 0.5) is 18.9 Å². The molecule has 2 aromatic heterocycles. The first-order valence-corrected chi connectivity index (χ1v) is 14.2. The topological polar surface area (TPSA) is 122 Å². The lowest BCUT2D eigenvalue weighted by Crippen LogP contribution is -2.94. The number of fused-ring (bicyclic) bond motifs is 1. The van der Waals surface area contributed by atoms with Crippen LogP contribution in [0.5, 0.6) is 0 Å². The molecule has 3 aliphatic rings. The maximum absolute atomic E-state index is 14.7. The van der Waals surface area contributed by atoms with Gasteiger partial charge in [0, 0.05) is 35.4 Å². The van der Waals surface area contributed by atoms with Crippen LogP contribution in [0.15, 0.2) is 59.6 Å². The summed E-state index contributed by atoms with van der Waals surface area (Å²) in [6, 6.07) is 1.81. The molecular formula is C29H29ClF3N8O2+. The molecule has 0 radical (unpaired) electrons. The van der Waals surface area contributed by atoms with E-state index in [1.54, 1.807) is 10.9 Å². The molecular weight excluding hydrogens is 585 g/mol. The lowest BCUT2D eigenvalue weighted by atomic mass is 9.76. The van der Waals surface area contributed by atoms with E-state index in [1.807, 2.05) is 31.1 Å². The van der Waals surface area contributed by atoms with Crippen molar-refractivity contribution in [3.63, 3.8) is 0 Å². The van der Waals surface area contributed by atoms with Crippen molar-refractivity contribution in [1.82, 2.24) is 30.1 Å². The summed E-state index contributed by atoms with van der Waals surface area (Å²) in [5.74, 6) is -0.0701. The molecule has 224 valence electrons. The standard InChI is InChI=1S/C29H28ClF3N8O2/c1-13-14(2)27(40-11-16-4-5-18(16)29(40)43)39-38-25(13)15(3)41-12-17(8-35-41)36-28(42)22-10-34-9-21(37-22)23-19(26(32)33)6-7-20(30)24(23)31/h6-10,12,15-16,18,26,38-39H,4-5,11H2,1-3H3,(H,36,42)/p+1/t15?,16-,18-/m1/s1. The highest BCUT2D eigenvalue weighted by Crippen LogP contribution is 2.43. The Morgan fingerprint density at radius 2 is 1.98 bits per heavy atom. The zero-order valence-electron chi connectivity index (χ0n) is 23.5. The van der Waals surface area contributed by atoms with E-state index in [-0.39, 0.29) is 34.3 Å². The minimum absolute atomic E-state index is 0.151. The molecule has 1 aliphatic carbocycles. The van der Waals surface area contributed by atoms with E-state index in [2.05, 4.69) is 25.8 Å². The van der Waals surface area contributed by atoms with Crippen molar-refractivity contribution in [2.45, 2.75) is 46.1 Å². The third-order valence-corrected chi connectivity index (χ3v) is 8.88. The van der Waals surface area contributed by atoms with Gasteiger partial charge < -0.3 is 5.32 Å². The number of rotatable bonds is 7. The van der Waals surface area contributed by atoms with E-state index in [0.717, 1.165) is 66.6 Å². The van der Waals surface area contributed by atoms with Crippen molar-refractivity contribution in [3.8, 4) is 11.3 Å². The second-order valence-corrected chi connectivity index (χ2v) is 11.4. The molecule has 6 rings (SSSR count). The predicted molar refractivity (Wildman–Crippen MR) is 151 cm³/mol. The number of nitrogens with two attached hydrogens (primary N) is 1. The number of carbonyl (C=O) groups is 2. The quantitative estimate of drug-likeness (QED) is 0.341. The van der Waals surface area contributed by atoms with Crippen LogP contribution in [0.25, 0.3) is 11.3 Å². The van der Waals surface area contributed by atoms with Gasteiger partial charge in [0.1, 0.15) is 5.69 Å². The van der Waals surface area contributed by atoms with Gasteiger partial charge in [0.2, 0.25) is 11.7 Å². The van der Waals surface area contributed by atoms with E-state index in [0.29, 0.717) is 11.6 Å². The number of hydrogen-bond acceptors (Lipinski definition) is 6. The van der Waals surface area contributed by atoms with Gasteiger partial charge >= 0.3 is 0 Å². The molecule has 2 aliphatic heterocycles. The van der Waals surface area contributed by atoms with Gasteiger partial charge in [-0.25, -0.2) is 23.6 Å². The minimum atomic E-state index is -2.99. The van der Waals surface area contributed by atoms with Crippen LogP contribution in [-0.4, -0.2) is 43.0 Å². The van der Waals surface area contributed by atoms with Gasteiger partial charge in [0.25, 0.3) is 12.3 Å². The summed E-state index contributed by atoms with van der Waals surface area (Å²) in [6.07, 6.45) is 4.42.